The molecule has 0 atom stereocenters. The van der Waals surface area contributed by atoms with Gasteiger partial charge in [0.05, 0.1) is 5.75 Å². The first-order chi connectivity index (χ1) is 12.1. The Morgan fingerprint density at radius 2 is 1.96 bits per heavy atom. The highest BCUT2D eigenvalue weighted by Gasteiger charge is 2.18. The molecule has 1 saturated carbocycles. The number of thioether (sulfide) groups is 1. The predicted molar refractivity (Wildman–Crippen MR) is 96.2 cm³/mol. The molecule has 1 fully saturated rings. The largest absolute Gasteiger partial charge is 0.335 e. The first kappa shape index (κ1) is 17.5. The van der Waals surface area contributed by atoms with Crippen LogP contribution in [-0.2, 0) is 4.79 Å². The smallest absolute Gasteiger partial charge is 0.321 e. The summed E-state index contributed by atoms with van der Waals surface area (Å²) in [6, 6.07) is 7.69. The molecule has 1 heterocycles. The highest BCUT2D eigenvalue weighted by atomic mass is 32.2. The summed E-state index contributed by atoms with van der Waals surface area (Å²) < 4.78 is 0. The van der Waals surface area contributed by atoms with Crippen molar-refractivity contribution in [2.75, 3.05) is 5.75 Å². The number of imide groups is 1. The number of nitrogens with zero attached hydrogens (tertiary/aromatic N) is 2. The van der Waals surface area contributed by atoms with Gasteiger partial charge in [0.2, 0.25) is 11.1 Å². The molecule has 1 aromatic carbocycles. The molecule has 1 aliphatic carbocycles. The third-order valence-electron chi connectivity index (χ3n) is 4.07. The topological polar surface area (TPSA) is 99.8 Å². The molecule has 3 amide bonds. The van der Waals surface area contributed by atoms with Crippen LogP contribution in [0.5, 0.6) is 0 Å². The van der Waals surface area contributed by atoms with E-state index in [1.54, 1.807) is 0 Å². The standard InChI is InChI=1S/C17H21N5O2S/c1-11-6-8-12(9-7-11)15-20-17(22-21-15)25-10-14(23)19-16(24)18-13-4-2-3-5-13/h6-9,13H,2-5,10H2,1H3,(H,20,21,22)(H2,18,19,23,24). The molecule has 3 rings (SSSR count). The minimum Gasteiger partial charge on any atom is -0.335 e. The van der Waals surface area contributed by atoms with E-state index in [0.29, 0.717) is 11.0 Å². The van der Waals surface area contributed by atoms with Crippen LogP contribution in [0.1, 0.15) is 31.2 Å². The van der Waals surface area contributed by atoms with Crippen LogP contribution in [0.25, 0.3) is 11.4 Å². The monoisotopic (exact) mass is 359 g/mol. The van der Waals surface area contributed by atoms with Crippen LogP contribution in [0.3, 0.4) is 0 Å². The number of benzene rings is 1. The highest BCUT2D eigenvalue weighted by Crippen LogP contribution is 2.19. The molecule has 25 heavy (non-hydrogen) atoms. The molecule has 0 bridgehead atoms. The minimum atomic E-state index is -0.423. The van der Waals surface area contributed by atoms with Gasteiger partial charge in [0.15, 0.2) is 5.82 Å². The zero-order chi connectivity index (χ0) is 17.6. The fourth-order valence-corrected chi connectivity index (χ4v) is 3.33. The first-order valence-electron chi connectivity index (χ1n) is 8.33. The normalized spacial score (nSPS) is 14.4. The number of aromatic nitrogens is 3. The maximum absolute atomic E-state index is 11.9. The highest BCUT2D eigenvalue weighted by molar-refractivity contribution is 7.99. The Balaban J connectivity index is 1.45. The van der Waals surface area contributed by atoms with Gasteiger partial charge in [-0.3, -0.25) is 15.2 Å². The van der Waals surface area contributed by atoms with Crippen molar-refractivity contribution in [1.82, 2.24) is 25.8 Å². The molecule has 0 radical (unpaired) electrons. The Morgan fingerprint density at radius 3 is 2.68 bits per heavy atom. The number of urea groups is 1. The Kier molecular flexibility index (Phi) is 5.70. The van der Waals surface area contributed by atoms with Crippen LogP contribution < -0.4 is 10.6 Å². The van der Waals surface area contributed by atoms with E-state index in [1.807, 2.05) is 31.2 Å². The third kappa shape index (κ3) is 5.06. The van der Waals surface area contributed by atoms with Crippen LogP contribution in [0.4, 0.5) is 4.79 Å². The summed E-state index contributed by atoms with van der Waals surface area (Å²) in [7, 11) is 0. The van der Waals surface area contributed by atoms with Gasteiger partial charge in [0.25, 0.3) is 0 Å². The predicted octanol–water partition coefficient (Wildman–Crippen LogP) is 2.64. The Morgan fingerprint density at radius 1 is 1.24 bits per heavy atom. The van der Waals surface area contributed by atoms with Crippen LogP contribution in [0, 0.1) is 6.92 Å². The number of H-pyrrole nitrogens is 1. The maximum atomic E-state index is 11.9. The number of nitrogens with one attached hydrogen (secondary N) is 3. The van der Waals surface area contributed by atoms with Gasteiger partial charge in [-0.25, -0.2) is 9.78 Å². The Bertz CT molecular complexity index is 738. The van der Waals surface area contributed by atoms with Crippen LogP contribution >= 0.6 is 11.8 Å². The van der Waals surface area contributed by atoms with Crippen molar-refractivity contribution in [3.63, 3.8) is 0 Å². The average Bonchev–Trinajstić information content (AvgIpc) is 3.25. The van der Waals surface area contributed by atoms with Gasteiger partial charge in [-0.15, -0.1) is 5.10 Å². The molecule has 1 aromatic heterocycles. The average molecular weight is 359 g/mol. The summed E-state index contributed by atoms with van der Waals surface area (Å²) in [6.07, 6.45) is 4.22. The van der Waals surface area contributed by atoms with E-state index in [4.69, 9.17) is 0 Å². The quantitative estimate of drug-likeness (QED) is 0.713. The lowest BCUT2D eigenvalue weighted by molar-refractivity contribution is -0.117. The second kappa shape index (κ2) is 8.15. The Hall–Kier alpha value is -2.35. The van der Waals surface area contributed by atoms with Crippen LogP contribution in [0.2, 0.25) is 0 Å². The Labute approximate surface area is 150 Å². The van der Waals surface area contributed by atoms with E-state index in [9.17, 15) is 9.59 Å². The summed E-state index contributed by atoms with van der Waals surface area (Å²) >= 11 is 1.19. The minimum absolute atomic E-state index is 0.0866. The fourth-order valence-electron chi connectivity index (χ4n) is 2.74. The zero-order valence-electron chi connectivity index (χ0n) is 14.0. The van der Waals surface area contributed by atoms with E-state index in [-0.39, 0.29) is 17.7 Å². The van der Waals surface area contributed by atoms with Gasteiger partial charge in [-0.05, 0) is 19.8 Å². The van der Waals surface area contributed by atoms with Gasteiger partial charge in [0.1, 0.15) is 0 Å². The summed E-state index contributed by atoms with van der Waals surface area (Å²) in [5, 5.41) is 12.6. The lowest BCUT2D eigenvalue weighted by Gasteiger charge is -2.11. The zero-order valence-corrected chi connectivity index (χ0v) is 14.9. The molecule has 7 nitrogen and oxygen atoms in total. The summed E-state index contributed by atoms with van der Waals surface area (Å²) in [4.78, 5) is 28.0. The van der Waals surface area contributed by atoms with Gasteiger partial charge < -0.3 is 5.32 Å². The van der Waals surface area contributed by atoms with Gasteiger partial charge >= 0.3 is 6.03 Å². The lowest BCUT2D eigenvalue weighted by Crippen LogP contribution is -2.44. The van der Waals surface area contributed by atoms with Crippen molar-refractivity contribution in [1.29, 1.82) is 0 Å². The van der Waals surface area contributed by atoms with Crippen molar-refractivity contribution >= 4 is 23.7 Å². The van der Waals surface area contributed by atoms with Crippen molar-refractivity contribution in [3.05, 3.63) is 29.8 Å². The SMILES string of the molecule is Cc1ccc(-c2nc(SCC(=O)NC(=O)NC3CCCC3)n[nH]2)cc1. The van der Waals surface area contributed by atoms with E-state index >= 15 is 0 Å². The van der Waals surface area contributed by atoms with Crippen LogP contribution in [0.15, 0.2) is 29.4 Å². The second-order valence-electron chi connectivity index (χ2n) is 6.12. The van der Waals surface area contributed by atoms with Crippen LogP contribution in [-0.4, -0.2) is 38.9 Å². The summed E-state index contributed by atoms with van der Waals surface area (Å²) in [5.74, 6) is 0.382. The number of hydrogen-bond acceptors (Lipinski definition) is 5. The van der Waals surface area contributed by atoms with Gasteiger partial charge in [0, 0.05) is 11.6 Å². The van der Waals surface area contributed by atoms with E-state index in [0.717, 1.165) is 31.2 Å². The first-order valence-corrected chi connectivity index (χ1v) is 9.31. The van der Waals surface area contributed by atoms with Crippen molar-refractivity contribution in [2.24, 2.45) is 0 Å². The molecule has 0 aliphatic heterocycles. The van der Waals surface area contributed by atoms with E-state index in [2.05, 4.69) is 25.8 Å². The number of amides is 3. The lowest BCUT2D eigenvalue weighted by atomic mass is 10.1. The molecular formula is C17H21N5O2S. The molecule has 3 N–H and O–H groups in total. The molecule has 132 valence electrons. The molecular weight excluding hydrogens is 338 g/mol. The third-order valence-corrected chi connectivity index (χ3v) is 4.91. The van der Waals surface area contributed by atoms with Crippen molar-refractivity contribution < 1.29 is 9.59 Å². The van der Waals surface area contributed by atoms with E-state index < -0.39 is 6.03 Å². The van der Waals surface area contributed by atoms with Gasteiger partial charge in [-0.1, -0.05) is 54.4 Å². The molecule has 0 saturated heterocycles. The molecule has 0 spiro atoms. The van der Waals surface area contributed by atoms with Crippen molar-refractivity contribution in [2.45, 2.75) is 43.8 Å². The number of rotatable bonds is 5. The fraction of sp³-hybridized carbons (Fsp3) is 0.412. The number of aryl methyl sites for hydroxylation is 1. The summed E-state index contributed by atoms with van der Waals surface area (Å²) in [5.41, 5.74) is 2.11. The number of aromatic amines is 1. The maximum Gasteiger partial charge on any atom is 0.321 e. The molecule has 1 aliphatic rings. The molecule has 2 aromatic rings. The van der Waals surface area contributed by atoms with Gasteiger partial charge in [-0.2, -0.15) is 0 Å². The second-order valence-corrected chi connectivity index (χ2v) is 7.07. The van der Waals surface area contributed by atoms with Crippen molar-refractivity contribution in [3.8, 4) is 11.4 Å². The number of carbonyl (C=O) groups excluding carboxylic acids is 2. The van der Waals surface area contributed by atoms with E-state index in [1.165, 1.54) is 17.3 Å². The number of hydrogen-bond donors (Lipinski definition) is 3. The molecule has 8 heteroatoms. The molecule has 0 unspecified atom stereocenters. The summed E-state index contributed by atoms with van der Waals surface area (Å²) in [6.45, 7) is 2.02. The number of carbonyl (C=O) groups is 2.